The van der Waals surface area contributed by atoms with E-state index in [1.54, 1.807) is 12.4 Å². The van der Waals surface area contributed by atoms with E-state index in [1.807, 2.05) is 30.3 Å². The normalized spacial score (nSPS) is 9.88. The van der Waals surface area contributed by atoms with Gasteiger partial charge >= 0.3 is 0 Å². The van der Waals surface area contributed by atoms with Gasteiger partial charge in [0.15, 0.2) is 0 Å². The summed E-state index contributed by atoms with van der Waals surface area (Å²) in [5.74, 6) is 0.774. The van der Waals surface area contributed by atoms with E-state index in [2.05, 4.69) is 15.3 Å². The maximum Gasteiger partial charge on any atom is 0.126 e. The van der Waals surface area contributed by atoms with Gasteiger partial charge in [-0.15, -0.1) is 0 Å². The lowest BCUT2D eigenvalue weighted by Crippen LogP contribution is -2.10. The molecule has 0 amide bonds. The first-order valence-corrected chi connectivity index (χ1v) is 5.56. The summed E-state index contributed by atoms with van der Waals surface area (Å²) in [4.78, 5) is 8.77. The van der Waals surface area contributed by atoms with Gasteiger partial charge in [0.25, 0.3) is 0 Å². The smallest absolute Gasteiger partial charge is 0.126 e. The SMILES string of the molecule is NC(=S)c1ccc(NCc2ccccn2)nc1. The molecule has 2 rings (SSSR count). The van der Waals surface area contributed by atoms with Gasteiger partial charge in [0.05, 0.1) is 12.2 Å². The summed E-state index contributed by atoms with van der Waals surface area (Å²) in [5.41, 5.74) is 7.22. The van der Waals surface area contributed by atoms with Gasteiger partial charge in [-0.1, -0.05) is 18.3 Å². The first-order valence-electron chi connectivity index (χ1n) is 5.15. The van der Waals surface area contributed by atoms with Gasteiger partial charge in [0.2, 0.25) is 0 Å². The average Bonchev–Trinajstić information content (AvgIpc) is 2.38. The Morgan fingerprint density at radius 1 is 1.24 bits per heavy atom. The molecule has 0 unspecified atom stereocenters. The number of nitrogens with zero attached hydrogens (tertiary/aromatic N) is 2. The van der Waals surface area contributed by atoms with E-state index in [0.29, 0.717) is 11.5 Å². The third kappa shape index (κ3) is 3.22. The number of rotatable bonds is 4. The van der Waals surface area contributed by atoms with Crippen molar-refractivity contribution in [2.75, 3.05) is 5.32 Å². The van der Waals surface area contributed by atoms with Crippen LogP contribution in [0.5, 0.6) is 0 Å². The second kappa shape index (κ2) is 5.36. The molecule has 0 saturated heterocycles. The highest BCUT2D eigenvalue weighted by Crippen LogP contribution is 2.06. The zero-order valence-corrected chi connectivity index (χ0v) is 9.95. The molecule has 0 aromatic carbocycles. The minimum Gasteiger partial charge on any atom is -0.389 e. The summed E-state index contributed by atoms with van der Waals surface area (Å²) < 4.78 is 0. The molecule has 0 spiro atoms. The second-order valence-corrected chi connectivity index (χ2v) is 3.91. The Kier molecular flexibility index (Phi) is 3.62. The molecule has 0 saturated carbocycles. The number of hydrogen-bond acceptors (Lipinski definition) is 4. The molecule has 2 heterocycles. The van der Waals surface area contributed by atoms with Crippen LogP contribution in [0.2, 0.25) is 0 Å². The third-order valence-corrected chi connectivity index (χ3v) is 2.46. The van der Waals surface area contributed by atoms with Crippen LogP contribution in [0.3, 0.4) is 0 Å². The summed E-state index contributed by atoms with van der Waals surface area (Å²) in [6.45, 7) is 0.639. The molecule has 2 aromatic heterocycles. The Morgan fingerprint density at radius 3 is 2.71 bits per heavy atom. The zero-order valence-electron chi connectivity index (χ0n) is 9.13. The molecular formula is C12H12N4S. The number of anilines is 1. The van der Waals surface area contributed by atoms with E-state index >= 15 is 0 Å². The van der Waals surface area contributed by atoms with Crippen LogP contribution in [-0.2, 0) is 6.54 Å². The fourth-order valence-electron chi connectivity index (χ4n) is 1.33. The Balaban J connectivity index is 1.98. The number of nitrogens with two attached hydrogens (primary N) is 1. The van der Waals surface area contributed by atoms with Crippen molar-refractivity contribution in [3.05, 3.63) is 54.0 Å². The first-order chi connectivity index (χ1) is 8.25. The predicted octanol–water partition coefficient (Wildman–Crippen LogP) is 1.72. The Morgan fingerprint density at radius 2 is 2.12 bits per heavy atom. The summed E-state index contributed by atoms with van der Waals surface area (Å²) in [5, 5.41) is 3.17. The zero-order chi connectivity index (χ0) is 12.1. The van der Waals surface area contributed by atoms with Crippen LogP contribution in [0.25, 0.3) is 0 Å². The molecule has 86 valence electrons. The van der Waals surface area contributed by atoms with Crippen LogP contribution < -0.4 is 11.1 Å². The van der Waals surface area contributed by atoms with E-state index in [4.69, 9.17) is 18.0 Å². The average molecular weight is 244 g/mol. The molecule has 0 aliphatic heterocycles. The van der Waals surface area contributed by atoms with Crippen LogP contribution in [-0.4, -0.2) is 15.0 Å². The lowest BCUT2D eigenvalue weighted by Gasteiger charge is -2.05. The fraction of sp³-hybridized carbons (Fsp3) is 0.0833. The molecule has 5 heteroatoms. The molecule has 0 atom stereocenters. The fourth-order valence-corrected chi connectivity index (χ4v) is 1.45. The highest BCUT2D eigenvalue weighted by Gasteiger charge is 1.98. The summed E-state index contributed by atoms with van der Waals surface area (Å²) in [7, 11) is 0. The molecule has 4 nitrogen and oxygen atoms in total. The molecule has 0 aliphatic rings. The van der Waals surface area contributed by atoms with E-state index < -0.39 is 0 Å². The van der Waals surface area contributed by atoms with E-state index in [1.165, 1.54) is 0 Å². The van der Waals surface area contributed by atoms with Gasteiger partial charge in [-0.05, 0) is 24.3 Å². The Labute approximate surface area is 105 Å². The van der Waals surface area contributed by atoms with Crippen LogP contribution in [0.1, 0.15) is 11.3 Å². The molecule has 0 bridgehead atoms. The number of nitrogens with one attached hydrogen (secondary N) is 1. The van der Waals surface area contributed by atoms with Crippen LogP contribution in [0, 0.1) is 0 Å². The van der Waals surface area contributed by atoms with Crippen LogP contribution >= 0.6 is 12.2 Å². The highest BCUT2D eigenvalue weighted by molar-refractivity contribution is 7.80. The van der Waals surface area contributed by atoms with E-state index in [-0.39, 0.29) is 0 Å². The maximum absolute atomic E-state index is 5.49. The molecule has 0 aliphatic carbocycles. The number of hydrogen-bond donors (Lipinski definition) is 2. The number of thiocarbonyl (C=S) groups is 1. The molecular weight excluding hydrogens is 232 g/mol. The predicted molar refractivity (Wildman–Crippen MR) is 71.7 cm³/mol. The summed E-state index contributed by atoms with van der Waals surface area (Å²) in [6.07, 6.45) is 3.42. The molecule has 2 aromatic rings. The highest BCUT2D eigenvalue weighted by atomic mass is 32.1. The van der Waals surface area contributed by atoms with Gasteiger partial charge in [-0.3, -0.25) is 4.98 Å². The largest absolute Gasteiger partial charge is 0.389 e. The van der Waals surface area contributed by atoms with Crippen LogP contribution in [0.15, 0.2) is 42.7 Å². The van der Waals surface area contributed by atoms with Crippen LogP contribution in [0.4, 0.5) is 5.82 Å². The minimum absolute atomic E-state index is 0.355. The van der Waals surface area contributed by atoms with Gasteiger partial charge < -0.3 is 11.1 Å². The van der Waals surface area contributed by atoms with Gasteiger partial charge in [0.1, 0.15) is 10.8 Å². The number of pyridine rings is 2. The Bertz CT molecular complexity index is 496. The topological polar surface area (TPSA) is 63.8 Å². The standard InChI is InChI=1S/C12H12N4S/c13-12(17)9-4-5-11(15-7-9)16-8-10-3-1-2-6-14-10/h1-7H,8H2,(H2,13,17)(H,15,16). The lowest BCUT2D eigenvalue weighted by molar-refractivity contribution is 1.03. The molecule has 0 radical (unpaired) electrons. The summed E-state index contributed by atoms with van der Waals surface area (Å²) >= 11 is 4.85. The van der Waals surface area contributed by atoms with Crippen molar-refractivity contribution in [2.45, 2.75) is 6.54 Å². The monoisotopic (exact) mass is 244 g/mol. The van der Waals surface area contributed by atoms with Crippen molar-refractivity contribution in [3.8, 4) is 0 Å². The van der Waals surface area contributed by atoms with Crippen molar-refractivity contribution >= 4 is 23.0 Å². The van der Waals surface area contributed by atoms with Gasteiger partial charge in [-0.25, -0.2) is 4.98 Å². The third-order valence-electron chi connectivity index (χ3n) is 2.22. The van der Waals surface area contributed by atoms with Gasteiger partial charge in [-0.2, -0.15) is 0 Å². The molecule has 17 heavy (non-hydrogen) atoms. The van der Waals surface area contributed by atoms with Gasteiger partial charge in [0, 0.05) is 18.0 Å². The quantitative estimate of drug-likeness (QED) is 0.802. The Hall–Kier alpha value is -2.01. The first kappa shape index (κ1) is 11.5. The van der Waals surface area contributed by atoms with Crippen molar-refractivity contribution in [3.63, 3.8) is 0 Å². The summed E-state index contributed by atoms with van der Waals surface area (Å²) in [6, 6.07) is 9.48. The van der Waals surface area contributed by atoms with E-state index in [9.17, 15) is 0 Å². The molecule has 3 N–H and O–H groups in total. The van der Waals surface area contributed by atoms with Crippen molar-refractivity contribution < 1.29 is 0 Å². The lowest BCUT2D eigenvalue weighted by atomic mass is 10.3. The molecule has 0 fully saturated rings. The van der Waals surface area contributed by atoms with E-state index in [0.717, 1.165) is 17.1 Å². The number of aromatic nitrogens is 2. The van der Waals surface area contributed by atoms with Crippen molar-refractivity contribution in [2.24, 2.45) is 5.73 Å². The van der Waals surface area contributed by atoms with Crippen molar-refractivity contribution in [1.29, 1.82) is 0 Å². The minimum atomic E-state index is 0.355. The maximum atomic E-state index is 5.49. The second-order valence-electron chi connectivity index (χ2n) is 3.47. The van der Waals surface area contributed by atoms with Crippen molar-refractivity contribution in [1.82, 2.24) is 9.97 Å².